The molecule has 1 rings (SSSR count). The van der Waals surface area contributed by atoms with Crippen LogP contribution in [0.4, 0.5) is 5.69 Å². The van der Waals surface area contributed by atoms with Gasteiger partial charge in [0.15, 0.2) is 0 Å². The fourth-order valence-electron chi connectivity index (χ4n) is 3.15. The van der Waals surface area contributed by atoms with Crippen molar-refractivity contribution in [2.75, 3.05) is 24.2 Å². The van der Waals surface area contributed by atoms with Crippen molar-refractivity contribution in [3.05, 3.63) is 23.8 Å². The number of hydrogen-bond donors (Lipinski definition) is 0. The van der Waals surface area contributed by atoms with E-state index in [0.717, 1.165) is 31.5 Å². The SMILES string of the molecule is CC[C@@H](C)N(Cc1ccc(N(CC)CC)cc1OS(C)(=O)=O)C(=O)CC(C)(C)C. The van der Waals surface area contributed by atoms with Crippen LogP contribution in [-0.2, 0) is 21.5 Å². The smallest absolute Gasteiger partial charge is 0.306 e. The van der Waals surface area contributed by atoms with E-state index in [0.29, 0.717) is 18.5 Å². The van der Waals surface area contributed by atoms with Crippen molar-refractivity contribution in [1.29, 1.82) is 0 Å². The quantitative estimate of drug-likeness (QED) is 0.518. The zero-order valence-corrected chi connectivity index (χ0v) is 20.1. The Balaban J connectivity index is 3.34. The summed E-state index contributed by atoms with van der Waals surface area (Å²) in [6.07, 6.45) is 2.28. The van der Waals surface area contributed by atoms with Gasteiger partial charge in [-0.15, -0.1) is 0 Å². The van der Waals surface area contributed by atoms with E-state index in [4.69, 9.17) is 4.18 Å². The molecular weight excluding hydrogens is 388 g/mol. The van der Waals surface area contributed by atoms with Gasteiger partial charge in [-0.1, -0.05) is 33.8 Å². The number of rotatable bonds is 10. The number of hydrogen-bond acceptors (Lipinski definition) is 5. The molecule has 0 spiro atoms. The van der Waals surface area contributed by atoms with Gasteiger partial charge in [0.1, 0.15) is 5.75 Å². The summed E-state index contributed by atoms with van der Waals surface area (Å²) in [6.45, 7) is 16.2. The van der Waals surface area contributed by atoms with Crippen molar-refractivity contribution in [2.45, 2.75) is 73.9 Å². The minimum absolute atomic E-state index is 0.0402. The normalized spacial score (nSPS) is 13.1. The van der Waals surface area contributed by atoms with E-state index in [9.17, 15) is 13.2 Å². The second-order valence-electron chi connectivity index (χ2n) is 8.77. The highest BCUT2D eigenvalue weighted by Crippen LogP contribution is 2.30. The Labute approximate surface area is 177 Å². The van der Waals surface area contributed by atoms with E-state index in [-0.39, 0.29) is 23.1 Å². The summed E-state index contributed by atoms with van der Waals surface area (Å²) in [6, 6.07) is 5.62. The molecule has 0 fully saturated rings. The van der Waals surface area contributed by atoms with Crippen LogP contribution in [0, 0.1) is 5.41 Å². The molecule has 0 aliphatic heterocycles. The third-order valence-electron chi connectivity index (χ3n) is 4.89. The van der Waals surface area contributed by atoms with E-state index in [1.165, 1.54) is 0 Å². The molecule has 166 valence electrons. The highest BCUT2D eigenvalue weighted by molar-refractivity contribution is 7.86. The molecule has 0 saturated carbocycles. The minimum Gasteiger partial charge on any atom is -0.382 e. The number of amides is 1. The zero-order valence-electron chi connectivity index (χ0n) is 19.3. The number of anilines is 1. The first-order valence-corrected chi connectivity index (χ1v) is 12.2. The topological polar surface area (TPSA) is 66.9 Å². The molecule has 0 aliphatic carbocycles. The lowest BCUT2D eigenvalue weighted by Crippen LogP contribution is -2.39. The van der Waals surface area contributed by atoms with Gasteiger partial charge in [0, 0.05) is 49.4 Å². The Hall–Kier alpha value is -1.76. The molecule has 0 N–H and O–H groups in total. The summed E-state index contributed by atoms with van der Waals surface area (Å²) in [4.78, 5) is 16.9. The van der Waals surface area contributed by atoms with Crippen molar-refractivity contribution >= 4 is 21.7 Å². The highest BCUT2D eigenvalue weighted by atomic mass is 32.2. The fraction of sp³-hybridized carbons (Fsp3) is 0.682. The number of nitrogens with zero attached hydrogens (tertiary/aromatic N) is 2. The molecule has 0 unspecified atom stereocenters. The molecule has 0 aliphatic rings. The molecular formula is C22H38N2O4S. The largest absolute Gasteiger partial charge is 0.382 e. The molecule has 1 aromatic carbocycles. The van der Waals surface area contributed by atoms with E-state index >= 15 is 0 Å². The van der Waals surface area contributed by atoms with Gasteiger partial charge in [-0.3, -0.25) is 4.79 Å². The fourth-order valence-corrected chi connectivity index (χ4v) is 3.63. The molecule has 29 heavy (non-hydrogen) atoms. The van der Waals surface area contributed by atoms with Gasteiger partial charge in [0.25, 0.3) is 0 Å². The molecule has 1 amide bonds. The van der Waals surface area contributed by atoms with E-state index in [1.807, 2.05) is 65.5 Å². The van der Waals surface area contributed by atoms with Gasteiger partial charge < -0.3 is 14.0 Å². The third kappa shape index (κ3) is 8.25. The van der Waals surface area contributed by atoms with Crippen molar-refractivity contribution in [2.24, 2.45) is 5.41 Å². The standard InChI is InChI=1S/C22H38N2O4S/c1-9-17(4)24(21(25)15-22(5,6)7)16-18-12-13-19(23(10-2)11-3)14-20(18)28-29(8,26)27/h12-14,17H,9-11,15-16H2,1-8H3/t17-/m1/s1. The predicted molar refractivity (Wildman–Crippen MR) is 120 cm³/mol. The Morgan fingerprint density at radius 3 is 2.17 bits per heavy atom. The van der Waals surface area contributed by atoms with Crippen molar-refractivity contribution in [1.82, 2.24) is 4.90 Å². The minimum atomic E-state index is -3.69. The van der Waals surface area contributed by atoms with Crippen molar-refractivity contribution in [3.63, 3.8) is 0 Å². The van der Waals surface area contributed by atoms with Crippen LogP contribution in [0.25, 0.3) is 0 Å². The van der Waals surface area contributed by atoms with Crippen molar-refractivity contribution < 1.29 is 17.4 Å². The predicted octanol–water partition coefficient (Wildman–Crippen LogP) is 4.43. The number of carbonyl (C=O) groups is 1. The number of carbonyl (C=O) groups excluding carboxylic acids is 1. The van der Waals surface area contributed by atoms with Crippen LogP contribution in [0.15, 0.2) is 18.2 Å². The second kappa shape index (κ2) is 10.3. The third-order valence-corrected chi connectivity index (χ3v) is 5.37. The van der Waals surface area contributed by atoms with Crippen molar-refractivity contribution in [3.8, 4) is 5.75 Å². The number of benzene rings is 1. The summed E-state index contributed by atoms with van der Waals surface area (Å²) < 4.78 is 29.0. The second-order valence-corrected chi connectivity index (χ2v) is 10.3. The van der Waals surface area contributed by atoms with Crippen LogP contribution in [-0.4, -0.2) is 44.6 Å². The monoisotopic (exact) mass is 426 g/mol. The average molecular weight is 427 g/mol. The zero-order chi connectivity index (χ0) is 22.4. The molecule has 6 nitrogen and oxygen atoms in total. The highest BCUT2D eigenvalue weighted by Gasteiger charge is 2.26. The van der Waals surface area contributed by atoms with Crippen LogP contribution < -0.4 is 9.08 Å². The van der Waals surface area contributed by atoms with Crippen LogP contribution in [0.5, 0.6) is 5.75 Å². The van der Waals surface area contributed by atoms with Gasteiger partial charge >= 0.3 is 10.1 Å². The van der Waals surface area contributed by atoms with Gasteiger partial charge in [-0.25, -0.2) is 0 Å². The molecule has 0 heterocycles. The first-order chi connectivity index (χ1) is 13.3. The Bertz CT molecular complexity index is 780. The van der Waals surface area contributed by atoms with E-state index in [2.05, 4.69) is 4.90 Å². The first-order valence-electron chi connectivity index (χ1n) is 10.4. The van der Waals surface area contributed by atoms with E-state index in [1.54, 1.807) is 6.07 Å². The molecule has 0 radical (unpaired) electrons. The average Bonchev–Trinajstić information content (AvgIpc) is 2.58. The molecule has 0 saturated heterocycles. The lowest BCUT2D eigenvalue weighted by Gasteiger charge is -2.32. The molecule has 0 bridgehead atoms. The van der Waals surface area contributed by atoms with Gasteiger partial charge in [0.05, 0.1) is 6.26 Å². The summed E-state index contributed by atoms with van der Waals surface area (Å²) in [5, 5.41) is 0. The summed E-state index contributed by atoms with van der Waals surface area (Å²) in [7, 11) is -3.69. The van der Waals surface area contributed by atoms with E-state index < -0.39 is 10.1 Å². The van der Waals surface area contributed by atoms with Gasteiger partial charge in [0.2, 0.25) is 5.91 Å². The molecule has 7 heteroatoms. The van der Waals surface area contributed by atoms with Crippen LogP contribution >= 0.6 is 0 Å². The van der Waals surface area contributed by atoms with Crippen LogP contribution in [0.1, 0.15) is 66.9 Å². The lowest BCUT2D eigenvalue weighted by atomic mass is 9.91. The Kier molecular flexibility index (Phi) is 9.00. The maximum Gasteiger partial charge on any atom is 0.306 e. The Morgan fingerprint density at radius 2 is 1.72 bits per heavy atom. The molecule has 0 aromatic heterocycles. The maximum absolute atomic E-state index is 13.0. The summed E-state index contributed by atoms with van der Waals surface area (Å²) in [5.74, 6) is 0.346. The van der Waals surface area contributed by atoms with Gasteiger partial charge in [-0.2, -0.15) is 8.42 Å². The van der Waals surface area contributed by atoms with Crippen LogP contribution in [0.3, 0.4) is 0 Å². The lowest BCUT2D eigenvalue weighted by molar-refractivity contribution is -0.135. The Morgan fingerprint density at radius 1 is 1.14 bits per heavy atom. The maximum atomic E-state index is 13.0. The first kappa shape index (κ1) is 25.3. The summed E-state index contributed by atoms with van der Waals surface area (Å²) >= 11 is 0. The van der Waals surface area contributed by atoms with Crippen LogP contribution in [0.2, 0.25) is 0 Å². The molecule has 1 aromatic rings. The summed E-state index contributed by atoms with van der Waals surface area (Å²) in [5.41, 5.74) is 1.46. The van der Waals surface area contributed by atoms with Gasteiger partial charge in [-0.05, 0) is 38.7 Å². The molecule has 1 atom stereocenters.